The van der Waals surface area contributed by atoms with Crippen molar-refractivity contribution in [3.8, 4) is 0 Å². The second-order valence-electron chi connectivity index (χ2n) is 4.33. The van der Waals surface area contributed by atoms with E-state index in [2.05, 4.69) is 5.16 Å². The van der Waals surface area contributed by atoms with E-state index in [0.29, 0.717) is 6.54 Å². The fraction of sp³-hybridized carbons (Fsp3) is 0.636. The molecule has 0 aromatic carbocycles. The number of aryl methyl sites for hydroxylation is 1. The van der Waals surface area contributed by atoms with Crippen molar-refractivity contribution in [3.63, 3.8) is 0 Å². The largest absolute Gasteiger partial charge is 0.359 e. The molecule has 1 aromatic rings. The third kappa shape index (κ3) is 1.76. The summed E-state index contributed by atoms with van der Waals surface area (Å²) in [6, 6.07) is 0. The van der Waals surface area contributed by atoms with Crippen molar-refractivity contribution < 1.29 is 9.32 Å². The number of carbonyl (C=O) groups is 1. The van der Waals surface area contributed by atoms with Crippen molar-refractivity contribution in [2.24, 2.45) is 5.92 Å². The second kappa shape index (κ2) is 3.68. The molecule has 2 heterocycles. The van der Waals surface area contributed by atoms with Gasteiger partial charge in [-0.2, -0.15) is 0 Å². The lowest BCUT2D eigenvalue weighted by molar-refractivity contribution is -0.135. The molecule has 1 aromatic heterocycles. The molecule has 15 heavy (non-hydrogen) atoms. The van der Waals surface area contributed by atoms with Crippen molar-refractivity contribution in [1.29, 1.82) is 0 Å². The van der Waals surface area contributed by atoms with Gasteiger partial charge >= 0.3 is 0 Å². The van der Waals surface area contributed by atoms with E-state index in [1.54, 1.807) is 0 Å². The summed E-state index contributed by atoms with van der Waals surface area (Å²) in [5.74, 6) is 1.10. The molecule has 4 nitrogen and oxygen atoms in total. The van der Waals surface area contributed by atoms with Crippen LogP contribution < -0.4 is 0 Å². The molecule has 0 saturated carbocycles. The van der Waals surface area contributed by atoms with Crippen LogP contribution >= 0.6 is 0 Å². The summed E-state index contributed by atoms with van der Waals surface area (Å²) in [7, 11) is 0. The molecule has 1 aliphatic rings. The monoisotopic (exact) mass is 208 g/mol. The van der Waals surface area contributed by atoms with Gasteiger partial charge in [0.05, 0.1) is 12.2 Å². The minimum absolute atomic E-state index is 0.0515. The predicted molar refractivity (Wildman–Crippen MR) is 55.2 cm³/mol. The maximum atomic E-state index is 11.8. The van der Waals surface area contributed by atoms with Crippen molar-refractivity contribution in [2.45, 2.75) is 33.7 Å². The van der Waals surface area contributed by atoms with Crippen LogP contribution in [0.4, 0.5) is 0 Å². The summed E-state index contributed by atoms with van der Waals surface area (Å²) in [5, 5.41) is 3.92. The molecule has 4 heteroatoms. The first-order valence-corrected chi connectivity index (χ1v) is 5.32. The van der Waals surface area contributed by atoms with Gasteiger partial charge in [0.15, 0.2) is 5.76 Å². The van der Waals surface area contributed by atoms with Gasteiger partial charge in [-0.15, -0.1) is 0 Å². The lowest BCUT2D eigenvalue weighted by atomic mass is 10.0. The zero-order valence-electron chi connectivity index (χ0n) is 9.41. The van der Waals surface area contributed by atoms with Crippen molar-refractivity contribution in [2.75, 3.05) is 6.54 Å². The molecule has 0 aliphatic carbocycles. The predicted octanol–water partition coefficient (Wildman–Crippen LogP) is 1.52. The van der Waals surface area contributed by atoms with Gasteiger partial charge < -0.3 is 9.42 Å². The van der Waals surface area contributed by atoms with Gasteiger partial charge in [-0.3, -0.25) is 4.79 Å². The highest BCUT2D eigenvalue weighted by Gasteiger charge is 2.26. The molecular weight excluding hydrogens is 192 g/mol. The zero-order valence-corrected chi connectivity index (χ0v) is 9.41. The van der Waals surface area contributed by atoms with Crippen LogP contribution in [-0.2, 0) is 17.8 Å². The van der Waals surface area contributed by atoms with Gasteiger partial charge in [-0.05, 0) is 13.3 Å². The number of rotatable bonds is 1. The Morgan fingerprint density at radius 1 is 1.53 bits per heavy atom. The number of hydrogen-bond acceptors (Lipinski definition) is 3. The third-order valence-corrected chi connectivity index (χ3v) is 2.84. The Bertz CT molecular complexity index is 382. The molecule has 82 valence electrons. The third-order valence-electron chi connectivity index (χ3n) is 2.84. The van der Waals surface area contributed by atoms with Crippen molar-refractivity contribution in [1.82, 2.24) is 10.1 Å². The minimum Gasteiger partial charge on any atom is -0.359 e. The van der Waals surface area contributed by atoms with Crippen LogP contribution in [0.2, 0.25) is 0 Å². The minimum atomic E-state index is 0.0515. The number of hydrogen-bond donors (Lipinski definition) is 0. The quantitative estimate of drug-likeness (QED) is 0.703. The molecule has 0 N–H and O–H groups in total. The Morgan fingerprint density at radius 3 is 2.93 bits per heavy atom. The summed E-state index contributed by atoms with van der Waals surface area (Å²) in [6.07, 6.45) is 0.864. The lowest BCUT2D eigenvalue weighted by Crippen LogP contribution is -2.38. The maximum Gasteiger partial charge on any atom is 0.225 e. The summed E-state index contributed by atoms with van der Waals surface area (Å²) in [5.41, 5.74) is 2.14. The molecule has 0 atom stereocenters. The van der Waals surface area contributed by atoms with Gasteiger partial charge in [-0.1, -0.05) is 19.0 Å². The fourth-order valence-electron chi connectivity index (χ4n) is 1.93. The van der Waals surface area contributed by atoms with E-state index >= 15 is 0 Å². The summed E-state index contributed by atoms with van der Waals surface area (Å²) < 4.78 is 5.20. The van der Waals surface area contributed by atoms with E-state index in [-0.39, 0.29) is 11.8 Å². The summed E-state index contributed by atoms with van der Waals surface area (Å²) >= 11 is 0. The van der Waals surface area contributed by atoms with Gasteiger partial charge in [0, 0.05) is 18.0 Å². The Kier molecular flexibility index (Phi) is 2.50. The Labute approximate surface area is 89.2 Å². The second-order valence-corrected chi connectivity index (χ2v) is 4.33. The number of aromatic nitrogens is 1. The van der Waals surface area contributed by atoms with Crippen LogP contribution in [0.25, 0.3) is 0 Å². The molecule has 0 fully saturated rings. The van der Waals surface area contributed by atoms with Gasteiger partial charge in [0.25, 0.3) is 0 Å². The van der Waals surface area contributed by atoms with Gasteiger partial charge in [0.1, 0.15) is 0 Å². The van der Waals surface area contributed by atoms with Crippen LogP contribution in [-0.4, -0.2) is 22.5 Å². The van der Waals surface area contributed by atoms with Crippen LogP contribution in [0.5, 0.6) is 0 Å². The normalized spacial score (nSPS) is 15.6. The van der Waals surface area contributed by atoms with E-state index in [1.165, 1.54) is 5.56 Å². The number of amides is 1. The zero-order chi connectivity index (χ0) is 11.0. The standard InChI is InChI=1S/C11H16N2O2/c1-7(2)11(14)13-5-4-9-8(3)12-15-10(9)6-13/h7H,4-6H2,1-3H3. The van der Waals surface area contributed by atoms with Gasteiger partial charge in [-0.25, -0.2) is 0 Å². The highest BCUT2D eigenvalue weighted by atomic mass is 16.5. The molecule has 0 unspecified atom stereocenters. The van der Waals surface area contributed by atoms with E-state index in [4.69, 9.17) is 4.52 Å². The first-order valence-electron chi connectivity index (χ1n) is 5.32. The molecule has 0 spiro atoms. The highest BCUT2D eigenvalue weighted by molar-refractivity contribution is 5.78. The SMILES string of the molecule is Cc1noc2c1CCN(C(=O)C(C)C)C2. The summed E-state index contributed by atoms with van der Waals surface area (Å²) in [6.45, 7) is 7.15. The maximum absolute atomic E-state index is 11.8. The molecule has 0 bridgehead atoms. The van der Waals surface area contributed by atoms with E-state index in [0.717, 1.165) is 24.4 Å². The van der Waals surface area contributed by atoms with Gasteiger partial charge in [0.2, 0.25) is 5.91 Å². The molecule has 2 rings (SSSR count). The van der Waals surface area contributed by atoms with Crippen LogP contribution in [0, 0.1) is 12.8 Å². The Balaban J connectivity index is 2.16. The number of nitrogens with zero attached hydrogens (tertiary/aromatic N) is 2. The number of carbonyl (C=O) groups excluding carboxylic acids is 1. The molecule has 0 radical (unpaired) electrons. The average molecular weight is 208 g/mol. The van der Waals surface area contributed by atoms with Crippen molar-refractivity contribution in [3.05, 3.63) is 17.0 Å². The average Bonchev–Trinajstić information content (AvgIpc) is 2.59. The van der Waals surface area contributed by atoms with Crippen LogP contribution in [0.1, 0.15) is 30.9 Å². The number of fused-ring (bicyclic) bond motifs is 1. The van der Waals surface area contributed by atoms with Crippen LogP contribution in [0.3, 0.4) is 0 Å². The smallest absolute Gasteiger partial charge is 0.225 e. The van der Waals surface area contributed by atoms with E-state index in [9.17, 15) is 4.79 Å². The topological polar surface area (TPSA) is 46.3 Å². The van der Waals surface area contributed by atoms with Crippen molar-refractivity contribution >= 4 is 5.91 Å². The fourth-order valence-corrected chi connectivity index (χ4v) is 1.93. The Morgan fingerprint density at radius 2 is 2.27 bits per heavy atom. The highest BCUT2D eigenvalue weighted by Crippen LogP contribution is 2.22. The molecular formula is C11H16N2O2. The van der Waals surface area contributed by atoms with E-state index in [1.807, 2.05) is 25.7 Å². The lowest BCUT2D eigenvalue weighted by Gasteiger charge is -2.27. The first kappa shape index (κ1) is 10.2. The summed E-state index contributed by atoms with van der Waals surface area (Å²) in [4.78, 5) is 13.6. The molecule has 1 aliphatic heterocycles. The van der Waals surface area contributed by atoms with Crippen LogP contribution in [0.15, 0.2) is 4.52 Å². The van der Waals surface area contributed by atoms with E-state index < -0.39 is 0 Å². The first-order chi connectivity index (χ1) is 7.09. The Hall–Kier alpha value is -1.32. The molecule has 1 amide bonds. The molecule has 0 saturated heterocycles.